The number of amides is 1. The van der Waals surface area contributed by atoms with Crippen LogP contribution in [0.3, 0.4) is 0 Å². The Labute approximate surface area is 127 Å². The summed E-state index contributed by atoms with van der Waals surface area (Å²) < 4.78 is 14.0. The SMILES string of the molecule is CCc1cc(=O)n(CC(=O)NCCc2ccc(F)cc2)cn1. The second kappa shape index (κ2) is 7.49. The van der Waals surface area contributed by atoms with Crippen LogP contribution in [-0.4, -0.2) is 22.0 Å². The molecule has 2 rings (SSSR count). The normalized spacial score (nSPS) is 10.5. The van der Waals surface area contributed by atoms with E-state index in [1.165, 1.54) is 29.1 Å². The molecule has 0 aliphatic carbocycles. The molecule has 1 aromatic heterocycles. The van der Waals surface area contributed by atoms with E-state index in [2.05, 4.69) is 10.3 Å². The minimum atomic E-state index is -0.282. The van der Waals surface area contributed by atoms with Crippen molar-refractivity contribution in [2.45, 2.75) is 26.3 Å². The van der Waals surface area contributed by atoms with Crippen molar-refractivity contribution in [3.63, 3.8) is 0 Å². The molecule has 1 heterocycles. The van der Waals surface area contributed by atoms with Gasteiger partial charge in [-0.05, 0) is 30.5 Å². The van der Waals surface area contributed by atoms with Gasteiger partial charge >= 0.3 is 0 Å². The van der Waals surface area contributed by atoms with Gasteiger partial charge in [-0.25, -0.2) is 9.37 Å². The number of hydrogen-bond acceptors (Lipinski definition) is 3. The van der Waals surface area contributed by atoms with Gasteiger partial charge in [-0.3, -0.25) is 14.2 Å². The lowest BCUT2D eigenvalue weighted by Gasteiger charge is -2.07. The molecule has 22 heavy (non-hydrogen) atoms. The molecule has 1 N–H and O–H groups in total. The largest absolute Gasteiger partial charge is 0.354 e. The standard InChI is InChI=1S/C16H18FN3O2/c1-2-14-9-16(22)20(11-19-14)10-15(21)18-8-7-12-3-5-13(17)6-4-12/h3-6,9,11H,2,7-8,10H2,1H3,(H,18,21). The van der Waals surface area contributed by atoms with Crippen LogP contribution in [0.4, 0.5) is 4.39 Å². The van der Waals surface area contributed by atoms with Crippen molar-refractivity contribution in [2.24, 2.45) is 0 Å². The van der Waals surface area contributed by atoms with E-state index >= 15 is 0 Å². The number of hydrogen-bond donors (Lipinski definition) is 1. The number of carbonyl (C=O) groups excluding carboxylic acids is 1. The van der Waals surface area contributed by atoms with Crippen LogP contribution in [0.1, 0.15) is 18.2 Å². The minimum Gasteiger partial charge on any atom is -0.354 e. The quantitative estimate of drug-likeness (QED) is 0.875. The number of nitrogens with zero attached hydrogens (tertiary/aromatic N) is 2. The first-order valence-corrected chi connectivity index (χ1v) is 7.15. The number of nitrogens with one attached hydrogen (secondary N) is 1. The Morgan fingerprint density at radius 2 is 2.05 bits per heavy atom. The number of aromatic nitrogens is 2. The van der Waals surface area contributed by atoms with Crippen molar-refractivity contribution < 1.29 is 9.18 Å². The first-order valence-electron chi connectivity index (χ1n) is 7.15. The summed E-state index contributed by atoms with van der Waals surface area (Å²) in [5.74, 6) is -0.537. The van der Waals surface area contributed by atoms with Crippen molar-refractivity contribution in [3.05, 3.63) is 64.1 Å². The summed E-state index contributed by atoms with van der Waals surface area (Å²) in [6, 6.07) is 7.57. The van der Waals surface area contributed by atoms with E-state index in [-0.39, 0.29) is 23.8 Å². The van der Waals surface area contributed by atoms with Gasteiger partial charge in [0, 0.05) is 18.3 Å². The number of benzene rings is 1. The van der Waals surface area contributed by atoms with Crippen molar-refractivity contribution >= 4 is 5.91 Å². The van der Waals surface area contributed by atoms with Gasteiger partial charge in [-0.2, -0.15) is 0 Å². The second-order valence-corrected chi connectivity index (χ2v) is 4.93. The summed E-state index contributed by atoms with van der Waals surface area (Å²) in [7, 11) is 0. The van der Waals surface area contributed by atoms with Crippen LogP contribution in [0.5, 0.6) is 0 Å². The average molecular weight is 303 g/mol. The molecule has 6 heteroatoms. The number of rotatable bonds is 6. The highest BCUT2D eigenvalue weighted by Gasteiger charge is 2.05. The summed E-state index contributed by atoms with van der Waals surface area (Å²) in [5, 5.41) is 2.73. The van der Waals surface area contributed by atoms with Crippen LogP contribution in [0.25, 0.3) is 0 Å². The van der Waals surface area contributed by atoms with Crippen LogP contribution < -0.4 is 10.9 Å². The molecular formula is C16H18FN3O2. The highest BCUT2D eigenvalue weighted by molar-refractivity contribution is 5.75. The molecule has 0 bridgehead atoms. The molecule has 0 aliphatic rings. The molecule has 1 aromatic carbocycles. The van der Waals surface area contributed by atoms with Gasteiger partial charge in [-0.1, -0.05) is 19.1 Å². The van der Waals surface area contributed by atoms with Crippen molar-refractivity contribution in [3.8, 4) is 0 Å². The molecule has 0 atom stereocenters. The molecule has 0 fully saturated rings. The molecule has 116 valence electrons. The van der Waals surface area contributed by atoms with Gasteiger partial charge in [0.05, 0.1) is 6.33 Å². The maximum absolute atomic E-state index is 12.8. The van der Waals surface area contributed by atoms with E-state index in [9.17, 15) is 14.0 Å². The molecule has 0 radical (unpaired) electrons. The van der Waals surface area contributed by atoms with Gasteiger partial charge in [0.15, 0.2) is 0 Å². The Morgan fingerprint density at radius 1 is 1.32 bits per heavy atom. The van der Waals surface area contributed by atoms with E-state index in [1.54, 1.807) is 12.1 Å². The zero-order valence-electron chi connectivity index (χ0n) is 12.4. The lowest BCUT2D eigenvalue weighted by Crippen LogP contribution is -2.33. The van der Waals surface area contributed by atoms with E-state index in [4.69, 9.17) is 0 Å². The van der Waals surface area contributed by atoms with Crippen LogP contribution in [-0.2, 0) is 24.2 Å². The van der Waals surface area contributed by atoms with Crippen molar-refractivity contribution in [1.82, 2.24) is 14.9 Å². The molecule has 0 saturated carbocycles. The summed E-state index contributed by atoms with van der Waals surface area (Å²) in [4.78, 5) is 27.7. The zero-order valence-corrected chi connectivity index (χ0v) is 12.4. The minimum absolute atomic E-state index is 0.0563. The fraction of sp³-hybridized carbons (Fsp3) is 0.312. The maximum Gasteiger partial charge on any atom is 0.253 e. The first-order chi connectivity index (χ1) is 10.6. The molecule has 0 unspecified atom stereocenters. The van der Waals surface area contributed by atoms with E-state index in [1.807, 2.05) is 6.92 Å². The Morgan fingerprint density at radius 3 is 2.68 bits per heavy atom. The van der Waals surface area contributed by atoms with Gasteiger partial charge in [0.2, 0.25) is 5.91 Å². The third kappa shape index (κ3) is 4.51. The smallest absolute Gasteiger partial charge is 0.253 e. The van der Waals surface area contributed by atoms with Gasteiger partial charge in [-0.15, -0.1) is 0 Å². The van der Waals surface area contributed by atoms with Gasteiger partial charge in [0.25, 0.3) is 5.56 Å². The predicted octanol–water partition coefficient (Wildman–Crippen LogP) is 1.30. The molecule has 0 spiro atoms. The highest BCUT2D eigenvalue weighted by Crippen LogP contribution is 2.02. The number of halogens is 1. The van der Waals surface area contributed by atoms with Crippen LogP contribution in [0, 0.1) is 5.82 Å². The predicted molar refractivity (Wildman–Crippen MR) is 81.0 cm³/mol. The average Bonchev–Trinajstić information content (AvgIpc) is 2.51. The fourth-order valence-electron chi connectivity index (χ4n) is 1.98. The molecule has 1 amide bonds. The second-order valence-electron chi connectivity index (χ2n) is 4.93. The third-order valence-electron chi connectivity index (χ3n) is 3.26. The van der Waals surface area contributed by atoms with Gasteiger partial charge < -0.3 is 5.32 Å². The van der Waals surface area contributed by atoms with Crippen molar-refractivity contribution in [2.75, 3.05) is 6.54 Å². The summed E-state index contributed by atoms with van der Waals surface area (Å²) >= 11 is 0. The van der Waals surface area contributed by atoms with E-state index in [0.717, 1.165) is 5.56 Å². The Hall–Kier alpha value is -2.50. The van der Waals surface area contributed by atoms with E-state index in [0.29, 0.717) is 25.1 Å². The maximum atomic E-state index is 12.8. The first kappa shape index (κ1) is 15.9. The lowest BCUT2D eigenvalue weighted by atomic mass is 10.1. The summed E-state index contributed by atoms with van der Waals surface area (Å²) in [5.41, 5.74) is 1.41. The topological polar surface area (TPSA) is 64.0 Å². The summed E-state index contributed by atoms with van der Waals surface area (Å²) in [6.07, 6.45) is 2.68. The van der Waals surface area contributed by atoms with E-state index < -0.39 is 0 Å². The zero-order chi connectivity index (χ0) is 15.9. The van der Waals surface area contributed by atoms with Crippen LogP contribution in [0.15, 0.2) is 41.5 Å². The van der Waals surface area contributed by atoms with Crippen molar-refractivity contribution in [1.29, 1.82) is 0 Å². The molecule has 0 saturated heterocycles. The molecule has 0 aliphatic heterocycles. The Kier molecular flexibility index (Phi) is 5.41. The monoisotopic (exact) mass is 303 g/mol. The van der Waals surface area contributed by atoms with Crippen LogP contribution in [0.2, 0.25) is 0 Å². The lowest BCUT2D eigenvalue weighted by molar-refractivity contribution is -0.121. The highest BCUT2D eigenvalue weighted by atomic mass is 19.1. The summed E-state index contributed by atoms with van der Waals surface area (Å²) in [6.45, 7) is 2.28. The molecule has 2 aromatic rings. The number of aryl methyl sites for hydroxylation is 1. The Balaban J connectivity index is 1.83. The Bertz CT molecular complexity index is 695. The number of carbonyl (C=O) groups is 1. The van der Waals surface area contributed by atoms with Gasteiger partial charge in [0.1, 0.15) is 12.4 Å². The molecule has 5 nitrogen and oxygen atoms in total. The fourth-order valence-corrected chi connectivity index (χ4v) is 1.98. The molecular weight excluding hydrogens is 285 g/mol. The third-order valence-corrected chi connectivity index (χ3v) is 3.26. The van der Waals surface area contributed by atoms with Crippen LogP contribution >= 0.6 is 0 Å².